The molecule has 0 bridgehead atoms. The molecule has 1 aromatic rings. The van der Waals surface area contributed by atoms with Gasteiger partial charge in [-0.1, -0.05) is 17.7 Å². The molecule has 0 atom stereocenters. The van der Waals surface area contributed by atoms with Crippen LogP contribution in [-0.2, 0) is 17.8 Å². The molecule has 1 amide bonds. The standard InChI is InChI=1S/C11H12ClNO/c1-13-7-9-2-4-10(12)6-8(9)3-5-11(13)14/h2,4,6H,3,5,7H2,1H3. The maximum atomic E-state index is 11.5. The number of halogens is 1. The molecule has 0 saturated heterocycles. The first-order valence-corrected chi connectivity index (χ1v) is 5.06. The highest BCUT2D eigenvalue weighted by Gasteiger charge is 2.16. The lowest BCUT2D eigenvalue weighted by Crippen LogP contribution is -2.24. The molecule has 1 heterocycles. The number of benzene rings is 1. The average molecular weight is 210 g/mol. The maximum Gasteiger partial charge on any atom is 0.222 e. The van der Waals surface area contributed by atoms with E-state index in [0.29, 0.717) is 13.0 Å². The first-order valence-electron chi connectivity index (χ1n) is 4.68. The van der Waals surface area contributed by atoms with Crippen LogP contribution in [-0.4, -0.2) is 17.9 Å². The summed E-state index contributed by atoms with van der Waals surface area (Å²) in [6.07, 6.45) is 1.39. The Bertz CT molecular complexity index is 376. The van der Waals surface area contributed by atoms with Crippen LogP contribution in [0.2, 0.25) is 5.02 Å². The third kappa shape index (κ3) is 1.75. The lowest BCUT2D eigenvalue weighted by molar-refractivity contribution is -0.130. The summed E-state index contributed by atoms with van der Waals surface area (Å²) in [5.41, 5.74) is 2.41. The van der Waals surface area contributed by atoms with Crippen LogP contribution in [0.5, 0.6) is 0 Å². The van der Waals surface area contributed by atoms with E-state index in [4.69, 9.17) is 11.6 Å². The highest BCUT2D eigenvalue weighted by Crippen LogP contribution is 2.21. The summed E-state index contributed by atoms with van der Waals surface area (Å²) in [5, 5.41) is 0.751. The van der Waals surface area contributed by atoms with Gasteiger partial charge in [0.1, 0.15) is 0 Å². The van der Waals surface area contributed by atoms with Gasteiger partial charge in [0, 0.05) is 25.0 Å². The quantitative estimate of drug-likeness (QED) is 0.642. The second-order valence-corrected chi connectivity index (χ2v) is 4.10. The second kappa shape index (κ2) is 3.62. The number of nitrogens with zero attached hydrogens (tertiary/aromatic N) is 1. The SMILES string of the molecule is CN1Cc2ccc(Cl)cc2CCC1=O. The molecule has 0 fully saturated rings. The highest BCUT2D eigenvalue weighted by molar-refractivity contribution is 6.30. The van der Waals surface area contributed by atoms with Crippen molar-refractivity contribution in [3.8, 4) is 0 Å². The first-order chi connectivity index (χ1) is 6.66. The van der Waals surface area contributed by atoms with E-state index in [2.05, 4.69) is 0 Å². The van der Waals surface area contributed by atoms with Gasteiger partial charge in [-0.3, -0.25) is 4.79 Å². The number of hydrogen-bond acceptors (Lipinski definition) is 1. The van der Waals surface area contributed by atoms with Crippen LogP contribution in [0.15, 0.2) is 18.2 Å². The van der Waals surface area contributed by atoms with Crippen LogP contribution in [0, 0.1) is 0 Å². The molecule has 74 valence electrons. The summed E-state index contributed by atoms with van der Waals surface area (Å²) in [6.45, 7) is 0.700. The summed E-state index contributed by atoms with van der Waals surface area (Å²) in [7, 11) is 1.84. The fourth-order valence-corrected chi connectivity index (χ4v) is 1.95. The van der Waals surface area contributed by atoms with Crippen molar-refractivity contribution in [3.05, 3.63) is 34.3 Å². The van der Waals surface area contributed by atoms with Gasteiger partial charge in [0.2, 0.25) is 5.91 Å². The lowest BCUT2D eigenvalue weighted by Gasteiger charge is -2.14. The van der Waals surface area contributed by atoms with E-state index < -0.39 is 0 Å². The van der Waals surface area contributed by atoms with Gasteiger partial charge in [0.25, 0.3) is 0 Å². The molecule has 2 rings (SSSR count). The van der Waals surface area contributed by atoms with Gasteiger partial charge >= 0.3 is 0 Å². The minimum Gasteiger partial charge on any atom is -0.341 e. The summed E-state index contributed by atoms with van der Waals surface area (Å²) in [5.74, 6) is 0.206. The predicted molar refractivity (Wildman–Crippen MR) is 56.2 cm³/mol. The smallest absolute Gasteiger partial charge is 0.222 e. The molecule has 14 heavy (non-hydrogen) atoms. The monoisotopic (exact) mass is 209 g/mol. The third-order valence-corrected chi connectivity index (χ3v) is 2.84. The van der Waals surface area contributed by atoms with E-state index in [1.807, 2.05) is 25.2 Å². The molecule has 0 aliphatic carbocycles. The van der Waals surface area contributed by atoms with Crippen molar-refractivity contribution in [1.29, 1.82) is 0 Å². The van der Waals surface area contributed by atoms with Gasteiger partial charge in [-0.05, 0) is 29.7 Å². The number of rotatable bonds is 0. The minimum absolute atomic E-state index is 0.206. The number of carbonyl (C=O) groups is 1. The van der Waals surface area contributed by atoms with Crippen LogP contribution >= 0.6 is 11.6 Å². The van der Waals surface area contributed by atoms with E-state index in [-0.39, 0.29) is 5.91 Å². The van der Waals surface area contributed by atoms with Crippen molar-refractivity contribution in [1.82, 2.24) is 4.90 Å². The largest absolute Gasteiger partial charge is 0.341 e. The zero-order chi connectivity index (χ0) is 10.1. The molecule has 0 N–H and O–H groups in total. The molecule has 0 aromatic heterocycles. The van der Waals surface area contributed by atoms with Gasteiger partial charge < -0.3 is 4.90 Å². The summed E-state index contributed by atoms with van der Waals surface area (Å²) < 4.78 is 0. The van der Waals surface area contributed by atoms with Crippen LogP contribution in [0.1, 0.15) is 17.5 Å². The Kier molecular flexibility index (Phi) is 2.46. The number of hydrogen-bond donors (Lipinski definition) is 0. The molecule has 1 aromatic carbocycles. The topological polar surface area (TPSA) is 20.3 Å². The Morgan fingerprint density at radius 2 is 2.07 bits per heavy atom. The van der Waals surface area contributed by atoms with Crippen LogP contribution in [0.3, 0.4) is 0 Å². The molecule has 1 aliphatic rings. The van der Waals surface area contributed by atoms with Crippen molar-refractivity contribution in [3.63, 3.8) is 0 Å². The van der Waals surface area contributed by atoms with Crippen molar-refractivity contribution in [2.45, 2.75) is 19.4 Å². The second-order valence-electron chi connectivity index (χ2n) is 3.66. The molecule has 0 spiro atoms. The number of amides is 1. The molecule has 0 radical (unpaired) electrons. The minimum atomic E-state index is 0.206. The summed E-state index contributed by atoms with van der Waals surface area (Å²) in [6, 6.07) is 5.85. The maximum absolute atomic E-state index is 11.5. The van der Waals surface area contributed by atoms with Gasteiger partial charge in [-0.25, -0.2) is 0 Å². The highest BCUT2D eigenvalue weighted by atomic mass is 35.5. The number of fused-ring (bicyclic) bond motifs is 1. The zero-order valence-corrected chi connectivity index (χ0v) is 8.84. The Labute approximate surface area is 88.5 Å². The number of aryl methyl sites for hydroxylation is 1. The van der Waals surface area contributed by atoms with Gasteiger partial charge in [-0.15, -0.1) is 0 Å². The van der Waals surface area contributed by atoms with Crippen molar-refractivity contribution in [2.24, 2.45) is 0 Å². The van der Waals surface area contributed by atoms with E-state index in [1.165, 1.54) is 11.1 Å². The van der Waals surface area contributed by atoms with Crippen LogP contribution in [0.25, 0.3) is 0 Å². The van der Waals surface area contributed by atoms with Gasteiger partial charge in [0.05, 0.1) is 0 Å². The van der Waals surface area contributed by atoms with Crippen molar-refractivity contribution >= 4 is 17.5 Å². The molecule has 0 saturated carbocycles. The molecule has 3 heteroatoms. The molecule has 0 unspecified atom stereocenters. The summed E-state index contributed by atoms with van der Waals surface area (Å²) >= 11 is 5.90. The van der Waals surface area contributed by atoms with Gasteiger partial charge in [0.15, 0.2) is 0 Å². The van der Waals surface area contributed by atoms with Crippen LogP contribution < -0.4 is 0 Å². The molecular formula is C11H12ClNO. The molecule has 1 aliphatic heterocycles. The molecule has 2 nitrogen and oxygen atoms in total. The van der Waals surface area contributed by atoms with Crippen molar-refractivity contribution < 1.29 is 4.79 Å². The zero-order valence-electron chi connectivity index (χ0n) is 8.09. The Morgan fingerprint density at radius 1 is 1.29 bits per heavy atom. The molecular weight excluding hydrogens is 198 g/mol. The lowest BCUT2D eigenvalue weighted by atomic mass is 10.0. The van der Waals surface area contributed by atoms with E-state index in [0.717, 1.165) is 11.4 Å². The third-order valence-electron chi connectivity index (χ3n) is 2.61. The average Bonchev–Trinajstić information content (AvgIpc) is 2.29. The fraction of sp³-hybridized carbons (Fsp3) is 0.364. The number of carbonyl (C=O) groups excluding carboxylic acids is 1. The van der Waals surface area contributed by atoms with E-state index >= 15 is 0 Å². The van der Waals surface area contributed by atoms with Gasteiger partial charge in [-0.2, -0.15) is 0 Å². The Balaban J connectivity index is 2.37. The Morgan fingerprint density at radius 3 is 2.86 bits per heavy atom. The fourth-order valence-electron chi connectivity index (χ4n) is 1.76. The predicted octanol–water partition coefficient (Wildman–Crippen LogP) is 2.24. The first kappa shape index (κ1) is 9.53. The van der Waals surface area contributed by atoms with Crippen LogP contribution in [0.4, 0.5) is 0 Å². The van der Waals surface area contributed by atoms with E-state index in [1.54, 1.807) is 4.90 Å². The van der Waals surface area contributed by atoms with E-state index in [9.17, 15) is 4.79 Å². The summed E-state index contributed by atoms with van der Waals surface area (Å²) in [4.78, 5) is 13.2. The normalized spacial score (nSPS) is 16.4. The Hall–Kier alpha value is -1.02. The van der Waals surface area contributed by atoms with Crippen molar-refractivity contribution in [2.75, 3.05) is 7.05 Å².